The highest BCUT2D eigenvalue weighted by Gasteiger charge is 2.46. The Morgan fingerprint density at radius 3 is 2.77 bits per heavy atom. The first kappa shape index (κ1) is 34.1. The lowest BCUT2D eigenvalue weighted by Gasteiger charge is -2.47. The maximum absolute atomic E-state index is 13.9. The number of nitrogens with one attached hydrogen (secondary N) is 1. The van der Waals surface area contributed by atoms with Gasteiger partial charge in [0.1, 0.15) is 5.75 Å². The van der Waals surface area contributed by atoms with Crippen LogP contribution >= 0.6 is 11.6 Å². The zero-order chi connectivity index (χ0) is 33.5. The van der Waals surface area contributed by atoms with Gasteiger partial charge in [-0.3, -0.25) is 4.79 Å². The van der Waals surface area contributed by atoms with E-state index in [4.69, 9.17) is 25.8 Å². The Bertz CT molecular complexity index is 1570. The summed E-state index contributed by atoms with van der Waals surface area (Å²) in [5.74, 6) is 1.12. The smallest absolute Gasteiger partial charge is 0.264 e. The number of amides is 1. The fourth-order valence-corrected chi connectivity index (χ4v) is 10.8. The van der Waals surface area contributed by atoms with E-state index < -0.39 is 21.2 Å². The standard InChI is InChI=1S/C38H51ClN2O6S/c1-25-5-3-7-34(46-18-17-45-2)31-13-10-29(31)22-41-23-38(16-4-6-27-20-30(39)12-14-32(27)38)24-47-35-15-11-28(21-33(35)41)37(42)40-48(43,44)36(25)19-26-8-9-26/h3,7,11,14-15,20-21,25-26,29-31,34,36H,4-6,8-10,12-13,16-19,22-24H2,1-2H3,(H,40,42)/b7-3+/t25?,29?,30?,31?,34?,36?,38-/m0/s1. The van der Waals surface area contributed by atoms with Crippen LogP contribution in [0.3, 0.4) is 0 Å². The van der Waals surface area contributed by atoms with Crippen LogP contribution in [0.5, 0.6) is 5.75 Å². The molecule has 0 radical (unpaired) electrons. The lowest BCUT2D eigenvalue weighted by molar-refractivity contribution is -0.0310. The maximum atomic E-state index is 13.9. The second kappa shape index (κ2) is 14.1. The summed E-state index contributed by atoms with van der Waals surface area (Å²) in [7, 11) is -2.24. The maximum Gasteiger partial charge on any atom is 0.264 e. The number of sulfonamides is 1. The average molecular weight is 699 g/mol. The van der Waals surface area contributed by atoms with Crippen molar-refractivity contribution < 1.29 is 27.4 Å². The molecule has 0 aromatic heterocycles. The van der Waals surface area contributed by atoms with E-state index in [9.17, 15) is 13.2 Å². The second-order valence-electron chi connectivity index (χ2n) is 15.2. The molecule has 6 aliphatic rings. The van der Waals surface area contributed by atoms with E-state index in [1.165, 1.54) is 11.1 Å². The van der Waals surface area contributed by atoms with Crippen molar-refractivity contribution in [2.24, 2.45) is 29.1 Å². The van der Waals surface area contributed by atoms with Crippen molar-refractivity contribution in [1.82, 2.24) is 4.72 Å². The van der Waals surface area contributed by atoms with Crippen molar-refractivity contribution in [3.8, 4) is 5.75 Å². The van der Waals surface area contributed by atoms with Crippen molar-refractivity contribution in [2.45, 2.75) is 87.9 Å². The Kier molecular flexibility index (Phi) is 10.0. The molecule has 3 fully saturated rings. The summed E-state index contributed by atoms with van der Waals surface area (Å²) in [6, 6.07) is 5.42. The highest BCUT2D eigenvalue weighted by Crippen LogP contribution is 2.51. The summed E-state index contributed by atoms with van der Waals surface area (Å²) in [6.07, 6.45) is 18.1. The van der Waals surface area contributed by atoms with Crippen LogP contribution in [0.25, 0.3) is 0 Å². The molecular weight excluding hydrogens is 648 g/mol. The van der Waals surface area contributed by atoms with Gasteiger partial charge < -0.3 is 19.1 Å². The van der Waals surface area contributed by atoms with Gasteiger partial charge in [0.05, 0.1) is 42.2 Å². The summed E-state index contributed by atoms with van der Waals surface area (Å²) < 4.78 is 48.7. The Hall–Kier alpha value is -2.33. The molecule has 1 spiro atoms. The first-order chi connectivity index (χ1) is 23.2. The topological polar surface area (TPSA) is 94.2 Å². The molecular formula is C38H51ClN2O6S. The minimum Gasteiger partial charge on any atom is -0.490 e. The highest BCUT2D eigenvalue weighted by molar-refractivity contribution is 7.90. The van der Waals surface area contributed by atoms with Gasteiger partial charge in [-0.1, -0.05) is 44.1 Å². The van der Waals surface area contributed by atoms with E-state index >= 15 is 0 Å². The van der Waals surface area contributed by atoms with Gasteiger partial charge >= 0.3 is 0 Å². The van der Waals surface area contributed by atoms with Gasteiger partial charge in [-0.15, -0.1) is 11.6 Å². The monoisotopic (exact) mass is 698 g/mol. The number of halogens is 1. The highest BCUT2D eigenvalue weighted by atomic mass is 35.5. The van der Waals surface area contributed by atoms with Crippen LogP contribution < -0.4 is 14.4 Å². The van der Waals surface area contributed by atoms with Crippen molar-refractivity contribution >= 4 is 33.2 Å². The van der Waals surface area contributed by atoms with Gasteiger partial charge in [-0.25, -0.2) is 13.1 Å². The van der Waals surface area contributed by atoms with Crippen molar-refractivity contribution in [1.29, 1.82) is 0 Å². The summed E-state index contributed by atoms with van der Waals surface area (Å²) >= 11 is 6.59. The second-order valence-corrected chi connectivity index (χ2v) is 17.7. The lowest BCUT2D eigenvalue weighted by atomic mass is 9.66. The van der Waals surface area contributed by atoms with Crippen LogP contribution in [-0.4, -0.2) is 71.1 Å². The van der Waals surface area contributed by atoms with Crippen LogP contribution in [0.15, 0.2) is 53.6 Å². The van der Waals surface area contributed by atoms with Crippen LogP contribution in [0.2, 0.25) is 0 Å². The van der Waals surface area contributed by atoms with E-state index in [2.05, 4.69) is 33.9 Å². The SMILES string of the molecule is COCCOC1/C=C/CC(C)C(CC2CC2)S(=O)(=O)NC(=O)c2ccc3c(c2)N(CC2CCC21)C[C@@]1(CCCC2=CC(Cl)CC=C21)CO3. The number of hydrogen-bond donors (Lipinski definition) is 1. The summed E-state index contributed by atoms with van der Waals surface area (Å²) in [5.41, 5.74) is 3.69. The van der Waals surface area contributed by atoms with Gasteiger partial charge in [0.2, 0.25) is 10.0 Å². The molecule has 262 valence electrons. The van der Waals surface area contributed by atoms with E-state index in [0.29, 0.717) is 56.0 Å². The van der Waals surface area contributed by atoms with Crippen LogP contribution in [0.4, 0.5) is 5.69 Å². The molecule has 1 N–H and O–H groups in total. The Balaban J connectivity index is 1.27. The molecule has 1 aromatic carbocycles. The molecule has 6 unspecified atom stereocenters. The first-order valence-electron chi connectivity index (χ1n) is 18.1. The number of alkyl halides is 1. The van der Waals surface area contributed by atoms with E-state index in [1.807, 2.05) is 19.1 Å². The number of nitrogens with zero attached hydrogens (tertiary/aromatic N) is 1. The summed E-state index contributed by atoms with van der Waals surface area (Å²) in [4.78, 5) is 16.2. The molecule has 1 aromatic rings. The van der Waals surface area contributed by atoms with Crippen molar-refractivity contribution in [3.63, 3.8) is 0 Å². The molecule has 8 nitrogen and oxygen atoms in total. The molecule has 2 aliphatic heterocycles. The molecule has 1 amide bonds. The van der Waals surface area contributed by atoms with Gasteiger partial charge in [-0.2, -0.15) is 0 Å². The van der Waals surface area contributed by atoms with Gasteiger partial charge in [0, 0.05) is 31.2 Å². The predicted molar refractivity (Wildman–Crippen MR) is 189 cm³/mol. The number of carbonyl (C=O) groups excluding carboxylic acids is 1. The number of rotatable bonds is 6. The van der Waals surface area contributed by atoms with Crippen LogP contribution in [0, 0.1) is 29.1 Å². The van der Waals surface area contributed by atoms with E-state index in [0.717, 1.165) is 75.9 Å². The normalized spacial score (nSPS) is 35.5. The summed E-state index contributed by atoms with van der Waals surface area (Å²) in [6.45, 7) is 5.13. The zero-order valence-corrected chi connectivity index (χ0v) is 29.9. The zero-order valence-electron chi connectivity index (χ0n) is 28.4. The number of hydrogen-bond acceptors (Lipinski definition) is 7. The third-order valence-electron chi connectivity index (χ3n) is 11.8. The molecule has 48 heavy (non-hydrogen) atoms. The molecule has 4 aliphatic carbocycles. The van der Waals surface area contributed by atoms with E-state index in [-0.39, 0.29) is 22.8 Å². The third kappa shape index (κ3) is 7.12. The minimum absolute atomic E-state index is 0.0220. The largest absolute Gasteiger partial charge is 0.490 e. The van der Waals surface area contributed by atoms with Gasteiger partial charge in [0.15, 0.2) is 0 Å². The van der Waals surface area contributed by atoms with Crippen molar-refractivity contribution in [2.75, 3.05) is 44.9 Å². The number of allylic oxidation sites excluding steroid dienone is 4. The van der Waals surface area contributed by atoms with Crippen LogP contribution in [0.1, 0.15) is 81.5 Å². The Morgan fingerprint density at radius 2 is 2.00 bits per heavy atom. The van der Waals surface area contributed by atoms with Gasteiger partial charge in [0.25, 0.3) is 5.91 Å². The first-order valence-corrected chi connectivity index (χ1v) is 20.0. The number of benzene rings is 1. The van der Waals surface area contributed by atoms with Gasteiger partial charge in [-0.05, 0) is 104 Å². The molecule has 7 rings (SSSR count). The quantitative estimate of drug-likeness (QED) is 0.198. The van der Waals surface area contributed by atoms with E-state index in [1.54, 1.807) is 13.2 Å². The molecule has 0 saturated heterocycles. The Labute approximate surface area is 291 Å². The fraction of sp³-hybridized carbons (Fsp3) is 0.658. The molecule has 2 heterocycles. The molecule has 2 bridgehead atoms. The summed E-state index contributed by atoms with van der Waals surface area (Å²) in [5, 5.41) is -0.630. The minimum atomic E-state index is -3.92. The number of carbonyl (C=O) groups is 1. The number of fused-ring (bicyclic) bond motifs is 4. The lowest BCUT2D eigenvalue weighted by Crippen LogP contribution is -2.49. The van der Waals surface area contributed by atoms with Crippen molar-refractivity contribution in [3.05, 3.63) is 59.2 Å². The Morgan fingerprint density at radius 1 is 1.15 bits per heavy atom. The van der Waals surface area contributed by atoms with Crippen LogP contribution in [-0.2, 0) is 19.5 Å². The number of anilines is 1. The number of methoxy groups -OCH3 is 1. The predicted octanol–water partition coefficient (Wildman–Crippen LogP) is 6.80. The molecule has 7 atom stereocenters. The molecule has 3 saturated carbocycles. The number of ether oxygens (including phenoxy) is 3. The molecule has 10 heteroatoms. The third-order valence-corrected chi connectivity index (χ3v) is 14.1. The average Bonchev–Trinajstić information content (AvgIpc) is 3.88. The fourth-order valence-electron chi connectivity index (χ4n) is 8.80.